The van der Waals surface area contributed by atoms with E-state index < -0.39 is 103 Å². The van der Waals surface area contributed by atoms with Gasteiger partial charge in [0.15, 0.2) is 0 Å². The molecule has 0 bridgehead atoms. The number of rotatable bonds is 24. The summed E-state index contributed by atoms with van der Waals surface area (Å²) in [7, 11) is 3.08. The number of benzene rings is 1. The van der Waals surface area contributed by atoms with E-state index in [1.807, 2.05) is 0 Å². The van der Waals surface area contributed by atoms with Crippen molar-refractivity contribution in [2.45, 2.75) is 121 Å². The van der Waals surface area contributed by atoms with E-state index in [0.717, 1.165) is 11.8 Å². The molecule has 16 nitrogen and oxygen atoms in total. The van der Waals surface area contributed by atoms with Gasteiger partial charge < -0.3 is 50.3 Å². The van der Waals surface area contributed by atoms with E-state index in [4.69, 9.17) is 9.47 Å². The van der Waals surface area contributed by atoms with E-state index in [1.54, 1.807) is 51.2 Å². The zero-order valence-electron chi connectivity index (χ0n) is 41.4. The first-order chi connectivity index (χ1) is 34.0. The average Bonchev–Trinajstić information content (AvgIpc) is 4.03. The largest absolute Gasteiger partial charge is 0.471 e. The van der Waals surface area contributed by atoms with Gasteiger partial charge >= 0.3 is 24.2 Å². The molecule has 2 heterocycles. The summed E-state index contributed by atoms with van der Waals surface area (Å²) in [6, 6.07) is 3.05. The van der Waals surface area contributed by atoms with Crippen molar-refractivity contribution in [3.05, 3.63) is 73.0 Å². The zero-order chi connectivity index (χ0) is 53.6. The molecule has 6 amide bonds. The molecule has 2 saturated heterocycles. The molecule has 0 radical (unpaired) electrons. The van der Waals surface area contributed by atoms with Crippen LogP contribution in [0.3, 0.4) is 0 Å². The number of likely N-dealkylation sites (tertiary alicyclic amines) is 2. The van der Waals surface area contributed by atoms with Crippen LogP contribution in [0.2, 0.25) is 0 Å². The van der Waals surface area contributed by atoms with Crippen molar-refractivity contribution in [2.75, 3.05) is 60.0 Å². The molecule has 0 aliphatic carbocycles. The second-order valence-corrected chi connectivity index (χ2v) is 17.2. The molecule has 72 heavy (non-hydrogen) atoms. The number of carbonyl (C=O) groups is 6. The normalized spacial score (nSPS) is 18.4. The SMILES string of the molecule is C=C/C=C\C=C/N(C[C@@H]1CCCN1C(=O)[C@@H](NC(=O)[C@H](C)NC)[C@@H](C)OCC#CC#CCO[C@H](C)[C@H](NC(=O)[C@H](C)NC)C(=O)N1CCC[C@H]1CN(CCc1ccccc1)C(=O)C(F)(F)F)C(=O)C(F)(F)F. The lowest BCUT2D eigenvalue weighted by Crippen LogP contribution is -2.59. The van der Waals surface area contributed by atoms with Gasteiger partial charge in [0.1, 0.15) is 25.3 Å². The first kappa shape index (κ1) is 60.1. The number of nitrogens with zero attached hydrogens (tertiary/aromatic N) is 4. The average molecular weight is 1020 g/mol. The summed E-state index contributed by atoms with van der Waals surface area (Å²) in [5, 5.41) is 10.9. The highest BCUT2D eigenvalue weighted by molar-refractivity contribution is 5.91. The fraction of sp³-hybridized carbons (Fsp3) is 0.560. The first-order valence-corrected chi connectivity index (χ1v) is 23.5. The Kier molecular flexibility index (Phi) is 24.5. The minimum atomic E-state index is -5.18. The van der Waals surface area contributed by atoms with E-state index >= 15 is 0 Å². The van der Waals surface area contributed by atoms with Gasteiger partial charge in [-0.25, -0.2) is 0 Å². The smallest absolute Gasteiger partial charge is 0.363 e. The Labute approximate surface area is 417 Å². The van der Waals surface area contributed by atoms with Crippen molar-refractivity contribution in [1.29, 1.82) is 0 Å². The first-order valence-electron chi connectivity index (χ1n) is 23.5. The van der Waals surface area contributed by atoms with Crippen LogP contribution in [0.1, 0.15) is 58.9 Å². The van der Waals surface area contributed by atoms with Crippen LogP contribution >= 0.6 is 0 Å². The van der Waals surface area contributed by atoms with Crippen molar-refractivity contribution >= 4 is 35.4 Å². The Hall–Kier alpha value is -6.20. The van der Waals surface area contributed by atoms with Crippen molar-refractivity contribution in [3.63, 3.8) is 0 Å². The highest BCUT2D eigenvalue weighted by Crippen LogP contribution is 2.26. The number of allylic oxidation sites excluding steroid dienone is 4. The number of ether oxygens (including phenoxy) is 2. The number of halogens is 6. The summed E-state index contributed by atoms with van der Waals surface area (Å²) < 4.78 is 93.7. The molecule has 2 fully saturated rings. The summed E-state index contributed by atoms with van der Waals surface area (Å²) in [4.78, 5) is 83.2. The van der Waals surface area contributed by atoms with Gasteiger partial charge in [0.2, 0.25) is 23.6 Å². The summed E-state index contributed by atoms with van der Waals surface area (Å²) >= 11 is 0. The quantitative estimate of drug-likeness (QED) is 0.0683. The van der Waals surface area contributed by atoms with Gasteiger partial charge in [-0.3, -0.25) is 28.8 Å². The molecule has 4 N–H and O–H groups in total. The molecule has 3 rings (SSSR count). The number of nitrogens with one attached hydrogen (secondary N) is 4. The van der Waals surface area contributed by atoms with Crippen molar-refractivity contribution in [3.8, 4) is 23.7 Å². The molecule has 0 saturated carbocycles. The van der Waals surface area contributed by atoms with Gasteiger partial charge in [-0.15, -0.1) is 0 Å². The van der Waals surface area contributed by atoms with E-state index in [-0.39, 0.29) is 52.2 Å². The highest BCUT2D eigenvalue weighted by atomic mass is 19.4. The molecule has 396 valence electrons. The maximum Gasteiger partial charge on any atom is 0.471 e. The number of hydrogen-bond acceptors (Lipinski definition) is 10. The van der Waals surface area contributed by atoms with Crippen LogP contribution in [0.15, 0.2) is 67.4 Å². The molecule has 2 aliphatic rings. The number of carbonyl (C=O) groups excluding carboxylic acids is 6. The topological polar surface area (TPSA) is 182 Å². The fourth-order valence-electron chi connectivity index (χ4n) is 7.78. The lowest BCUT2D eigenvalue weighted by Gasteiger charge is -2.35. The van der Waals surface area contributed by atoms with Gasteiger partial charge in [-0.1, -0.05) is 67.0 Å². The summed E-state index contributed by atoms with van der Waals surface area (Å²) in [6.07, 6.45) is -4.23. The van der Waals surface area contributed by atoms with Crippen LogP contribution in [0, 0.1) is 23.7 Å². The number of alkyl halides is 6. The van der Waals surface area contributed by atoms with Gasteiger partial charge in [0.25, 0.3) is 0 Å². The third kappa shape index (κ3) is 18.8. The third-order valence-corrected chi connectivity index (χ3v) is 12.1. The van der Waals surface area contributed by atoms with Crippen molar-refractivity contribution < 1.29 is 64.6 Å². The highest BCUT2D eigenvalue weighted by Gasteiger charge is 2.46. The summed E-state index contributed by atoms with van der Waals surface area (Å²) in [6.45, 7) is 8.33. The Morgan fingerprint density at radius 2 is 1.19 bits per heavy atom. The maximum atomic E-state index is 14.2. The fourth-order valence-corrected chi connectivity index (χ4v) is 7.78. The second kappa shape index (κ2) is 29.3. The molecular weight excluding hydrogens is 955 g/mol. The Morgan fingerprint density at radius 1 is 0.722 bits per heavy atom. The van der Waals surface area contributed by atoms with E-state index in [9.17, 15) is 55.1 Å². The van der Waals surface area contributed by atoms with Crippen molar-refractivity contribution in [2.24, 2.45) is 0 Å². The lowest BCUT2D eigenvalue weighted by molar-refractivity contribution is -0.186. The maximum absolute atomic E-state index is 14.2. The summed E-state index contributed by atoms with van der Waals surface area (Å²) in [5.74, 6) is 4.04. The second-order valence-electron chi connectivity index (χ2n) is 17.2. The minimum absolute atomic E-state index is 0.144. The lowest BCUT2D eigenvalue weighted by atomic mass is 10.1. The molecule has 0 aromatic heterocycles. The van der Waals surface area contributed by atoms with Crippen LogP contribution in [0.4, 0.5) is 26.3 Å². The molecular formula is C50H66F6N8O8. The van der Waals surface area contributed by atoms with E-state index in [1.165, 1.54) is 55.0 Å². The van der Waals surface area contributed by atoms with Crippen LogP contribution in [-0.2, 0) is 44.7 Å². The molecule has 0 unspecified atom stereocenters. The predicted octanol–water partition coefficient (Wildman–Crippen LogP) is 3.25. The van der Waals surface area contributed by atoms with Gasteiger partial charge in [0, 0.05) is 51.0 Å². The van der Waals surface area contributed by atoms with Crippen LogP contribution in [-0.4, -0.2) is 176 Å². The molecule has 8 atom stereocenters. The Morgan fingerprint density at radius 3 is 1.64 bits per heavy atom. The third-order valence-electron chi connectivity index (χ3n) is 12.1. The molecule has 0 spiro atoms. The van der Waals surface area contributed by atoms with Crippen LogP contribution < -0.4 is 21.3 Å². The molecule has 1 aromatic rings. The number of hydrogen-bond donors (Lipinski definition) is 4. The van der Waals surface area contributed by atoms with Crippen molar-refractivity contribution in [1.82, 2.24) is 40.9 Å². The van der Waals surface area contributed by atoms with Crippen LogP contribution in [0.25, 0.3) is 0 Å². The standard InChI is InChI=1S/C50H66F6N8O8/c1-8-9-10-16-26-61(47(69)49(51,52)53)32-39-23-19-27-63(39)45(67)41(59-43(65)34(2)57-6)36(4)71-30-17-11-12-18-31-72-37(5)42(60-44(66)35(3)58-7)46(68)64-28-20-24-40(64)33-62(48(70)50(54,55)56)29-25-38-21-14-13-15-22-38/h8-10,13-16,21-22,26,34-37,39-42,57-58H,1,19-20,23-25,27-33H2,2-7H3,(H,59,65)(H,60,66)/b10-9-,26-16-/t34-,35-,36+,37+,39-,40-,41-,42-/m0/s1. The molecule has 1 aromatic carbocycles. The van der Waals surface area contributed by atoms with Gasteiger partial charge in [-0.2, -0.15) is 26.3 Å². The molecule has 22 heteroatoms. The molecule has 2 aliphatic heterocycles. The van der Waals surface area contributed by atoms with Crippen LogP contribution in [0.5, 0.6) is 0 Å². The van der Waals surface area contributed by atoms with E-state index in [0.29, 0.717) is 29.1 Å². The number of likely N-dealkylation sites (N-methyl/N-ethyl adjacent to an activating group) is 2. The van der Waals surface area contributed by atoms with Gasteiger partial charge in [-0.05, 0) is 97.4 Å². The van der Waals surface area contributed by atoms with E-state index in [2.05, 4.69) is 51.5 Å². The zero-order valence-corrected chi connectivity index (χ0v) is 41.4. The van der Waals surface area contributed by atoms with Gasteiger partial charge in [0.05, 0.1) is 24.3 Å². The Balaban J connectivity index is 1.72. The monoisotopic (exact) mass is 1020 g/mol. The predicted molar refractivity (Wildman–Crippen MR) is 256 cm³/mol. The minimum Gasteiger partial charge on any atom is -0.363 e. The Bertz CT molecular complexity index is 2190. The summed E-state index contributed by atoms with van der Waals surface area (Å²) in [5.41, 5.74) is 0.732. The number of amides is 6.